The predicted molar refractivity (Wildman–Crippen MR) is 87.2 cm³/mol. The number of benzene rings is 2. The summed E-state index contributed by atoms with van der Waals surface area (Å²) in [6.07, 6.45) is 1.66. The third-order valence-corrected chi connectivity index (χ3v) is 3.86. The van der Waals surface area contributed by atoms with Crippen LogP contribution in [0.3, 0.4) is 0 Å². The molecule has 2 N–H and O–H groups in total. The normalized spacial score (nSPS) is 15.1. The van der Waals surface area contributed by atoms with E-state index in [4.69, 9.17) is 0 Å². The maximum Gasteiger partial charge on any atom is 0.326 e. The average Bonchev–Trinajstić information content (AvgIpc) is 3.40. The zero-order chi connectivity index (χ0) is 15.4. The fraction of sp³-hybridized carbons (Fsp3) is 0.278. The molecule has 2 aromatic rings. The van der Waals surface area contributed by atoms with Gasteiger partial charge in [-0.25, -0.2) is 4.79 Å². The molecule has 114 valence electrons. The second kappa shape index (κ2) is 6.62. The molecular weight excluding hydrogens is 276 g/mol. The molecule has 1 fully saturated rings. The van der Waals surface area contributed by atoms with E-state index in [1.807, 2.05) is 60.7 Å². The van der Waals surface area contributed by atoms with Gasteiger partial charge >= 0.3 is 6.03 Å². The molecule has 1 aliphatic rings. The summed E-state index contributed by atoms with van der Waals surface area (Å²) in [5, 5.41) is 12.8. The van der Waals surface area contributed by atoms with Gasteiger partial charge in [0.05, 0.1) is 17.5 Å². The predicted octanol–water partition coefficient (Wildman–Crippen LogP) is 3.31. The molecule has 0 aromatic heterocycles. The van der Waals surface area contributed by atoms with Crippen molar-refractivity contribution in [2.45, 2.75) is 18.9 Å². The molecule has 1 aliphatic carbocycles. The summed E-state index contributed by atoms with van der Waals surface area (Å²) in [6.45, 7) is 0.291. The van der Waals surface area contributed by atoms with E-state index >= 15 is 0 Å². The minimum atomic E-state index is -0.447. The number of carbonyl (C=O) groups excluding carboxylic acids is 1. The Morgan fingerprint density at radius 3 is 2.00 bits per heavy atom. The SMILES string of the molecule is O=C(NCC(O)C1CC1)N(c1ccccc1)c1ccccc1. The number of anilines is 2. The number of nitrogens with zero attached hydrogens (tertiary/aromatic N) is 1. The smallest absolute Gasteiger partial charge is 0.326 e. The third-order valence-electron chi connectivity index (χ3n) is 3.86. The minimum absolute atomic E-state index is 0.225. The third kappa shape index (κ3) is 3.46. The minimum Gasteiger partial charge on any atom is -0.391 e. The highest BCUT2D eigenvalue weighted by Gasteiger charge is 2.30. The first-order valence-electron chi connectivity index (χ1n) is 7.62. The number of aliphatic hydroxyl groups is 1. The zero-order valence-electron chi connectivity index (χ0n) is 12.4. The van der Waals surface area contributed by atoms with Crippen molar-refractivity contribution in [1.82, 2.24) is 5.32 Å². The van der Waals surface area contributed by atoms with Gasteiger partial charge in [0.2, 0.25) is 0 Å². The highest BCUT2D eigenvalue weighted by atomic mass is 16.3. The van der Waals surface area contributed by atoms with Crippen LogP contribution in [0, 0.1) is 5.92 Å². The van der Waals surface area contributed by atoms with E-state index in [9.17, 15) is 9.90 Å². The molecule has 3 rings (SSSR count). The van der Waals surface area contributed by atoms with E-state index < -0.39 is 6.10 Å². The molecule has 0 radical (unpaired) electrons. The van der Waals surface area contributed by atoms with Crippen LogP contribution in [0.25, 0.3) is 0 Å². The maximum atomic E-state index is 12.6. The number of rotatable bonds is 5. The second-order valence-electron chi connectivity index (χ2n) is 5.60. The van der Waals surface area contributed by atoms with Gasteiger partial charge in [-0.3, -0.25) is 4.90 Å². The molecule has 2 aromatic carbocycles. The lowest BCUT2D eigenvalue weighted by molar-refractivity contribution is 0.150. The summed E-state index contributed by atoms with van der Waals surface area (Å²) in [6, 6.07) is 18.8. The summed E-state index contributed by atoms with van der Waals surface area (Å²) in [5.74, 6) is 0.349. The lowest BCUT2D eigenvalue weighted by atomic mass is 10.2. The quantitative estimate of drug-likeness (QED) is 0.889. The van der Waals surface area contributed by atoms with Crippen molar-refractivity contribution in [1.29, 1.82) is 0 Å². The molecule has 2 amide bonds. The Labute approximate surface area is 130 Å². The van der Waals surface area contributed by atoms with Crippen LogP contribution in [0.1, 0.15) is 12.8 Å². The van der Waals surface area contributed by atoms with Crippen LogP contribution in [-0.2, 0) is 0 Å². The first kappa shape index (κ1) is 14.6. The molecule has 1 atom stereocenters. The Morgan fingerprint density at radius 1 is 1.05 bits per heavy atom. The van der Waals surface area contributed by atoms with E-state index in [0.717, 1.165) is 24.2 Å². The first-order chi connectivity index (χ1) is 10.8. The highest BCUT2D eigenvalue weighted by molar-refractivity contribution is 5.99. The van der Waals surface area contributed by atoms with E-state index in [2.05, 4.69) is 5.32 Å². The van der Waals surface area contributed by atoms with Gasteiger partial charge in [0.1, 0.15) is 0 Å². The van der Waals surface area contributed by atoms with Crippen molar-refractivity contribution in [3.05, 3.63) is 60.7 Å². The van der Waals surface area contributed by atoms with Gasteiger partial charge < -0.3 is 10.4 Å². The summed E-state index contributed by atoms with van der Waals surface area (Å²) in [5.41, 5.74) is 1.60. The Morgan fingerprint density at radius 2 is 1.55 bits per heavy atom. The number of para-hydroxylation sites is 2. The van der Waals surface area contributed by atoms with Gasteiger partial charge in [0.25, 0.3) is 0 Å². The van der Waals surface area contributed by atoms with Crippen molar-refractivity contribution in [2.75, 3.05) is 11.4 Å². The maximum absolute atomic E-state index is 12.6. The van der Waals surface area contributed by atoms with E-state index in [1.165, 1.54) is 0 Å². The Bertz CT molecular complexity index is 572. The first-order valence-corrected chi connectivity index (χ1v) is 7.62. The van der Waals surface area contributed by atoms with Crippen molar-refractivity contribution in [3.8, 4) is 0 Å². The number of hydrogen-bond donors (Lipinski definition) is 2. The van der Waals surface area contributed by atoms with E-state index in [1.54, 1.807) is 4.90 Å². The Kier molecular flexibility index (Phi) is 4.39. The molecule has 1 saturated carbocycles. The average molecular weight is 296 g/mol. The largest absolute Gasteiger partial charge is 0.391 e. The number of nitrogens with one attached hydrogen (secondary N) is 1. The molecule has 0 heterocycles. The fourth-order valence-electron chi connectivity index (χ4n) is 2.46. The fourth-order valence-corrected chi connectivity index (χ4v) is 2.46. The molecule has 4 nitrogen and oxygen atoms in total. The Balaban J connectivity index is 1.77. The van der Waals surface area contributed by atoms with Crippen LogP contribution in [0.5, 0.6) is 0 Å². The topological polar surface area (TPSA) is 52.6 Å². The van der Waals surface area contributed by atoms with Crippen LogP contribution in [0.4, 0.5) is 16.2 Å². The number of hydrogen-bond acceptors (Lipinski definition) is 2. The van der Waals surface area contributed by atoms with E-state index in [-0.39, 0.29) is 6.03 Å². The lowest BCUT2D eigenvalue weighted by Gasteiger charge is -2.24. The summed E-state index contributed by atoms with van der Waals surface area (Å²) in [7, 11) is 0. The van der Waals surface area contributed by atoms with Crippen LogP contribution in [0.15, 0.2) is 60.7 Å². The summed E-state index contributed by atoms with van der Waals surface area (Å²) in [4.78, 5) is 14.2. The van der Waals surface area contributed by atoms with Gasteiger partial charge in [-0.05, 0) is 43.0 Å². The molecule has 0 spiro atoms. The molecule has 4 heteroatoms. The van der Waals surface area contributed by atoms with Gasteiger partial charge in [0, 0.05) is 6.54 Å². The number of amides is 2. The number of aliphatic hydroxyl groups excluding tert-OH is 1. The molecule has 0 saturated heterocycles. The Hall–Kier alpha value is -2.33. The van der Waals surface area contributed by atoms with Gasteiger partial charge in [-0.15, -0.1) is 0 Å². The number of urea groups is 1. The monoisotopic (exact) mass is 296 g/mol. The van der Waals surface area contributed by atoms with Crippen molar-refractivity contribution in [3.63, 3.8) is 0 Å². The molecule has 22 heavy (non-hydrogen) atoms. The molecule has 0 aliphatic heterocycles. The standard InChI is InChI=1S/C18H20N2O2/c21-17(14-11-12-14)13-19-18(22)20(15-7-3-1-4-8-15)16-9-5-2-6-10-16/h1-10,14,17,21H,11-13H2,(H,19,22). The van der Waals surface area contributed by atoms with Gasteiger partial charge in [-0.1, -0.05) is 36.4 Å². The van der Waals surface area contributed by atoms with Crippen molar-refractivity contribution in [2.24, 2.45) is 5.92 Å². The van der Waals surface area contributed by atoms with Gasteiger partial charge in [-0.2, -0.15) is 0 Å². The lowest BCUT2D eigenvalue weighted by Crippen LogP contribution is -2.41. The zero-order valence-corrected chi connectivity index (χ0v) is 12.4. The highest BCUT2D eigenvalue weighted by Crippen LogP contribution is 2.32. The van der Waals surface area contributed by atoms with Crippen LogP contribution in [-0.4, -0.2) is 23.8 Å². The van der Waals surface area contributed by atoms with Crippen molar-refractivity contribution >= 4 is 17.4 Å². The second-order valence-corrected chi connectivity index (χ2v) is 5.60. The number of carbonyl (C=O) groups is 1. The van der Waals surface area contributed by atoms with Crippen LogP contribution < -0.4 is 10.2 Å². The summed E-state index contributed by atoms with van der Waals surface area (Å²) < 4.78 is 0. The van der Waals surface area contributed by atoms with Crippen LogP contribution >= 0.6 is 0 Å². The van der Waals surface area contributed by atoms with Crippen molar-refractivity contribution < 1.29 is 9.90 Å². The summed E-state index contributed by atoms with van der Waals surface area (Å²) >= 11 is 0. The van der Waals surface area contributed by atoms with Crippen LogP contribution in [0.2, 0.25) is 0 Å². The van der Waals surface area contributed by atoms with Gasteiger partial charge in [0.15, 0.2) is 0 Å². The van der Waals surface area contributed by atoms with E-state index in [0.29, 0.717) is 12.5 Å². The molecular formula is C18H20N2O2. The molecule has 0 bridgehead atoms. The molecule has 1 unspecified atom stereocenters.